The van der Waals surface area contributed by atoms with Gasteiger partial charge in [-0.3, -0.25) is 0 Å². The van der Waals surface area contributed by atoms with Gasteiger partial charge in [-0.1, -0.05) is 71.1 Å². The first kappa shape index (κ1) is 19.2. The van der Waals surface area contributed by atoms with Crippen LogP contribution in [-0.4, -0.2) is 18.5 Å². The number of carbonyl (C=O) groups is 2. The molecule has 23 heavy (non-hydrogen) atoms. The van der Waals surface area contributed by atoms with Gasteiger partial charge in [0.25, 0.3) is 0 Å². The third-order valence-corrected chi connectivity index (χ3v) is 3.64. The first-order valence-electron chi connectivity index (χ1n) is 8.54. The molecule has 0 aliphatic rings. The summed E-state index contributed by atoms with van der Waals surface area (Å²) in [5.41, 5.74) is 0.893. The summed E-state index contributed by atoms with van der Waals surface area (Å²) >= 11 is 0. The highest BCUT2D eigenvalue weighted by Crippen LogP contribution is 2.25. The topological polar surface area (TPSA) is 52.6 Å². The van der Waals surface area contributed by atoms with Crippen LogP contribution < -0.4 is 4.74 Å². The lowest BCUT2D eigenvalue weighted by molar-refractivity contribution is -0.162. The van der Waals surface area contributed by atoms with Crippen LogP contribution in [0.3, 0.4) is 0 Å². The molecule has 0 saturated carbocycles. The fraction of sp³-hybridized carbons (Fsp3) is 0.579. The monoisotopic (exact) mass is 320 g/mol. The highest BCUT2D eigenvalue weighted by molar-refractivity contribution is 6.30. The molecule has 0 atom stereocenters. The summed E-state index contributed by atoms with van der Waals surface area (Å²) in [6.45, 7) is 6.45. The second-order valence-electron chi connectivity index (χ2n) is 5.99. The molecule has 0 radical (unpaired) electrons. The van der Waals surface area contributed by atoms with Crippen molar-refractivity contribution in [1.29, 1.82) is 0 Å². The maximum Gasteiger partial charge on any atom is 0.422 e. The average Bonchev–Trinajstić information content (AvgIpc) is 2.54. The zero-order valence-electron chi connectivity index (χ0n) is 14.5. The SMILES string of the molecule is CCCCCCCCOC(=O)C(=O)Oc1ccccc1C(C)C. The van der Waals surface area contributed by atoms with Crippen LogP contribution in [0.5, 0.6) is 5.75 Å². The molecule has 1 rings (SSSR count). The number of carbonyl (C=O) groups excluding carboxylic acids is 2. The Kier molecular flexibility index (Phi) is 9.03. The van der Waals surface area contributed by atoms with Crippen molar-refractivity contribution >= 4 is 11.9 Å². The molecule has 0 spiro atoms. The Hall–Kier alpha value is -1.84. The summed E-state index contributed by atoms with van der Waals surface area (Å²) in [6.07, 6.45) is 6.58. The van der Waals surface area contributed by atoms with E-state index in [1.165, 1.54) is 19.3 Å². The first-order chi connectivity index (χ1) is 11.1. The molecule has 0 unspecified atom stereocenters. The van der Waals surface area contributed by atoms with E-state index in [9.17, 15) is 9.59 Å². The number of hydrogen-bond acceptors (Lipinski definition) is 4. The van der Waals surface area contributed by atoms with E-state index in [0.717, 1.165) is 24.8 Å². The third-order valence-electron chi connectivity index (χ3n) is 3.64. The molecule has 4 heteroatoms. The average molecular weight is 320 g/mol. The number of benzene rings is 1. The lowest BCUT2D eigenvalue weighted by atomic mass is 10.0. The molecule has 0 saturated heterocycles. The molecule has 0 aliphatic heterocycles. The summed E-state index contributed by atoms with van der Waals surface area (Å²) in [4.78, 5) is 23.5. The normalized spacial score (nSPS) is 10.6. The molecule has 0 heterocycles. The third kappa shape index (κ3) is 7.31. The van der Waals surface area contributed by atoms with Crippen LogP contribution in [0, 0.1) is 0 Å². The number of rotatable bonds is 9. The van der Waals surface area contributed by atoms with Crippen molar-refractivity contribution in [2.45, 2.75) is 65.2 Å². The molecule has 0 aromatic heterocycles. The van der Waals surface area contributed by atoms with Gasteiger partial charge in [-0.15, -0.1) is 0 Å². The van der Waals surface area contributed by atoms with Crippen molar-refractivity contribution in [1.82, 2.24) is 0 Å². The van der Waals surface area contributed by atoms with Crippen LogP contribution in [0.4, 0.5) is 0 Å². The number of para-hydroxylation sites is 1. The first-order valence-corrected chi connectivity index (χ1v) is 8.54. The molecule has 0 aliphatic carbocycles. The second-order valence-corrected chi connectivity index (χ2v) is 5.99. The zero-order chi connectivity index (χ0) is 17.1. The van der Waals surface area contributed by atoms with Gasteiger partial charge in [-0.25, -0.2) is 9.59 Å². The van der Waals surface area contributed by atoms with Crippen molar-refractivity contribution < 1.29 is 19.1 Å². The molecule has 0 amide bonds. The Balaban J connectivity index is 2.33. The van der Waals surface area contributed by atoms with Gasteiger partial charge >= 0.3 is 11.9 Å². The minimum absolute atomic E-state index is 0.207. The lowest BCUT2D eigenvalue weighted by Gasteiger charge is -2.12. The van der Waals surface area contributed by atoms with E-state index in [1.807, 2.05) is 26.0 Å². The standard InChI is InChI=1S/C19H28O4/c1-4-5-6-7-8-11-14-22-18(20)19(21)23-17-13-10-9-12-16(17)15(2)3/h9-10,12-13,15H,4-8,11,14H2,1-3H3. The van der Waals surface area contributed by atoms with Crippen LogP contribution in [0.25, 0.3) is 0 Å². The van der Waals surface area contributed by atoms with Crippen LogP contribution in [-0.2, 0) is 14.3 Å². The molecule has 1 aromatic carbocycles. The largest absolute Gasteiger partial charge is 0.457 e. The number of ether oxygens (including phenoxy) is 2. The van der Waals surface area contributed by atoms with Gasteiger partial charge in [-0.05, 0) is 24.0 Å². The van der Waals surface area contributed by atoms with Gasteiger partial charge in [0.2, 0.25) is 0 Å². The fourth-order valence-electron chi connectivity index (χ4n) is 2.30. The van der Waals surface area contributed by atoms with E-state index in [1.54, 1.807) is 12.1 Å². The molecule has 128 valence electrons. The molecule has 4 nitrogen and oxygen atoms in total. The van der Waals surface area contributed by atoms with Gasteiger partial charge in [-0.2, -0.15) is 0 Å². The maximum absolute atomic E-state index is 11.8. The van der Waals surface area contributed by atoms with Crippen LogP contribution in [0.1, 0.15) is 70.8 Å². The predicted molar refractivity (Wildman–Crippen MR) is 90.5 cm³/mol. The number of hydrogen-bond donors (Lipinski definition) is 0. The highest BCUT2D eigenvalue weighted by Gasteiger charge is 2.20. The Bertz CT molecular complexity index is 494. The van der Waals surface area contributed by atoms with E-state index in [0.29, 0.717) is 5.75 Å². The van der Waals surface area contributed by atoms with Crippen molar-refractivity contribution in [3.05, 3.63) is 29.8 Å². The minimum Gasteiger partial charge on any atom is -0.457 e. The van der Waals surface area contributed by atoms with Crippen LogP contribution >= 0.6 is 0 Å². The lowest BCUT2D eigenvalue weighted by Crippen LogP contribution is -2.24. The predicted octanol–water partition coefficient (Wildman–Crippen LogP) is 4.62. The van der Waals surface area contributed by atoms with E-state index in [4.69, 9.17) is 9.47 Å². The fourth-order valence-corrected chi connectivity index (χ4v) is 2.30. The smallest absolute Gasteiger partial charge is 0.422 e. The van der Waals surface area contributed by atoms with Crippen molar-refractivity contribution in [2.75, 3.05) is 6.61 Å². The molecular weight excluding hydrogens is 292 g/mol. The Morgan fingerprint density at radius 2 is 1.61 bits per heavy atom. The molecular formula is C19H28O4. The van der Waals surface area contributed by atoms with E-state index in [2.05, 4.69) is 6.92 Å². The molecule has 0 bridgehead atoms. The van der Waals surface area contributed by atoms with Gasteiger partial charge in [0.15, 0.2) is 0 Å². The Morgan fingerprint density at radius 3 is 2.30 bits per heavy atom. The van der Waals surface area contributed by atoms with Crippen molar-refractivity contribution in [2.24, 2.45) is 0 Å². The molecule has 0 fully saturated rings. The maximum atomic E-state index is 11.8. The quantitative estimate of drug-likeness (QED) is 0.288. The van der Waals surface area contributed by atoms with Gasteiger partial charge in [0.1, 0.15) is 5.75 Å². The summed E-state index contributed by atoms with van der Waals surface area (Å²) in [5, 5.41) is 0. The highest BCUT2D eigenvalue weighted by atomic mass is 16.6. The van der Waals surface area contributed by atoms with Crippen LogP contribution in [0.2, 0.25) is 0 Å². The molecule has 0 N–H and O–H groups in total. The Labute approximate surface area is 139 Å². The van der Waals surface area contributed by atoms with E-state index < -0.39 is 11.9 Å². The number of unbranched alkanes of at least 4 members (excludes halogenated alkanes) is 5. The van der Waals surface area contributed by atoms with Crippen molar-refractivity contribution in [3.63, 3.8) is 0 Å². The van der Waals surface area contributed by atoms with Crippen molar-refractivity contribution in [3.8, 4) is 5.75 Å². The summed E-state index contributed by atoms with van der Waals surface area (Å²) in [5.74, 6) is -1.25. The van der Waals surface area contributed by atoms with E-state index in [-0.39, 0.29) is 12.5 Å². The summed E-state index contributed by atoms with van der Waals surface area (Å²) < 4.78 is 10.1. The van der Waals surface area contributed by atoms with Crippen LogP contribution in [0.15, 0.2) is 24.3 Å². The Morgan fingerprint density at radius 1 is 0.957 bits per heavy atom. The van der Waals surface area contributed by atoms with Gasteiger partial charge in [0.05, 0.1) is 6.61 Å². The van der Waals surface area contributed by atoms with E-state index >= 15 is 0 Å². The van der Waals surface area contributed by atoms with Gasteiger partial charge in [0, 0.05) is 0 Å². The molecule has 1 aromatic rings. The summed E-state index contributed by atoms with van der Waals surface area (Å²) in [6, 6.07) is 7.23. The van der Waals surface area contributed by atoms with Gasteiger partial charge < -0.3 is 9.47 Å². The number of esters is 2. The summed E-state index contributed by atoms with van der Waals surface area (Å²) in [7, 11) is 0. The second kappa shape index (κ2) is 10.8. The zero-order valence-corrected chi connectivity index (χ0v) is 14.5. The minimum atomic E-state index is -0.955.